The number of aliphatic hydroxyl groups is 1. The molecule has 3 aliphatic rings. The lowest BCUT2D eigenvalue weighted by molar-refractivity contribution is -0.149. The van der Waals surface area contributed by atoms with Gasteiger partial charge in [0.1, 0.15) is 11.6 Å². The highest BCUT2D eigenvalue weighted by Crippen LogP contribution is 2.65. The van der Waals surface area contributed by atoms with Crippen LogP contribution in [0.5, 0.6) is 0 Å². The number of nitrogens with zero attached hydrogens (tertiary/aromatic N) is 1. The van der Waals surface area contributed by atoms with Crippen molar-refractivity contribution in [1.82, 2.24) is 10.2 Å². The number of ether oxygens (including phenoxy) is 1. The topological polar surface area (TPSA) is 108 Å². The first-order valence-corrected chi connectivity index (χ1v) is 12.5. The number of aliphatic hydroxyl groups excluding tert-OH is 1. The maximum Gasteiger partial charge on any atom is 0.245 e. The summed E-state index contributed by atoms with van der Waals surface area (Å²) in [6.07, 6.45) is 2.77. The molecule has 2 bridgehead atoms. The average molecular weight is 472 g/mol. The molecule has 3 aliphatic heterocycles. The summed E-state index contributed by atoms with van der Waals surface area (Å²) in [5, 5.41) is 16.0. The van der Waals surface area contributed by atoms with Crippen LogP contribution in [0.25, 0.3) is 0 Å². The first kappa shape index (κ1) is 24.7. The summed E-state index contributed by atoms with van der Waals surface area (Å²) in [5.74, 6) is -2.36. The fraction of sp³-hybridized carbons (Fsp3) is 0.654. The van der Waals surface area contributed by atoms with Gasteiger partial charge in [0, 0.05) is 12.2 Å². The van der Waals surface area contributed by atoms with Crippen LogP contribution in [0.1, 0.15) is 53.4 Å². The molecule has 3 N–H and O–H groups in total. The number of benzene rings is 1. The van der Waals surface area contributed by atoms with E-state index >= 15 is 0 Å². The number of hydrogen-bond donors (Lipinski definition) is 3. The van der Waals surface area contributed by atoms with Gasteiger partial charge >= 0.3 is 0 Å². The Kier molecular flexibility index (Phi) is 6.75. The maximum absolute atomic E-state index is 14.0. The monoisotopic (exact) mass is 471 g/mol. The third kappa shape index (κ3) is 3.62. The van der Waals surface area contributed by atoms with Crippen LogP contribution in [0.3, 0.4) is 0 Å². The molecular weight excluding hydrogens is 434 g/mol. The Morgan fingerprint density at radius 3 is 2.56 bits per heavy atom. The van der Waals surface area contributed by atoms with Gasteiger partial charge in [0.25, 0.3) is 0 Å². The van der Waals surface area contributed by atoms with Crippen LogP contribution in [0.2, 0.25) is 0 Å². The first-order chi connectivity index (χ1) is 16.2. The molecule has 34 heavy (non-hydrogen) atoms. The number of likely N-dealkylation sites (tertiary alicyclic amines) is 1. The van der Waals surface area contributed by atoms with Crippen LogP contribution < -0.4 is 10.6 Å². The van der Waals surface area contributed by atoms with Crippen molar-refractivity contribution in [2.75, 3.05) is 18.5 Å². The summed E-state index contributed by atoms with van der Waals surface area (Å²) >= 11 is 0. The van der Waals surface area contributed by atoms with Gasteiger partial charge in [0.15, 0.2) is 0 Å². The van der Waals surface area contributed by atoms with Crippen LogP contribution in [-0.2, 0) is 19.1 Å². The Labute approximate surface area is 201 Å². The first-order valence-electron chi connectivity index (χ1n) is 12.5. The van der Waals surface area contributed by atoms with Gasteiger partial charge in [-0.15, -0.1) is 0 Å². The molecule has 3 unspecified atom stereocenters. The molecule has 0 saturated carbocycles. The Bertz CT molecular complexity index is 936. The fourth-order valence-electron chi connectivity index (χ4n) is 6.41. The molecule has 0 radical (unpaired) electrons. The van der Waals surface area contributed by atoms with Crippen LogP contribution in [0.4, 0.5) is 5.69 Å². The Morgan fingerprint density at radius 2 is 1.94 bits per heavy atom. The number of nitrogens with one attached hydrogen (secondary N) is 2. The molecule has 1 aromatic rings. The van der Waals surface area contributed by atoms with Gasteiger partial charge in [0.05, 0.1) is 30.1 Å². The van der Waals surface area contributed by atoms with E-state index in [2.05, 4.69) is 10.6 Å². The van der Waals surface area contributed by atoms with Crippen molar-refractivity contribution >= 4 is 23.4 Å². The maximum atomic E-state index is 14.0. The van der Waals surface area contributed by atoms with Gasteiger partial charge < -0.3 is 25.4 Å². The van der Waals surface area contributed by atoms with Crippen molar-refractivity contribution in [3.8, 4) is 0 Å². The summed E-state index contributed by atoms with van der Waals surface area (Å²) in [6.45, 7) is 8.11. The van der Waals surface area contributed by atoms with E-state index in [1.165, 1.54) is 4.90 Å². The van der Waals surface area contributed by atoms with E-state index in [-0.39, 0.29) is 30.2 Å². The van der Waals surface area contributed by atoms with E-state index in [1.807, 2.05) is 45.9 Å². The molecule has 3 amide bonds. The Balaban J connectivity index is 1.74. The van der Waals surface area contributed by atoms with Gasteiger partial charge in [-0.1, -0.05) is 45.4 Å². The molecule has 1 spiro atoms. The number of fused-ring (bicyclic) bond motifs is 1. The summed E-state index contributed by atoms with van der Waals surface area (Å²) < 4.78 is 6.67. The molecule has 8 heteroatoms. The molecule has 7 atom stereocenters. The lowest BCUT2D eigenvalue weighted by Gasteiger charge is -2.36. The number of anilines is 1. The third-order valence-corrected chi connectivity index (χ3v) is 8.23. The number of para-hydroxylation sites is 1. The number of hydrogen-bond acceptors (Lipinski definition) is 5. The van der Waals surface area contributed by atoms with E-state index in [9.17, 15) is 19.5 Å². The summed E-state index contributed by atoms with van der Waals surface area (Å²) in [6, 6.07) is 7.76. The van der Waals surface area contributed by atoms with Crippen molar-refractivity contribution in [2.45, 2.75) is 76.7 Å². The minimum absolute atomic E-state index is 0.0248. The smallest absolute Gasteiger partial charge is 0.245 e. The van der Waals surface area contributed by atoms with Gasteiger partial charge in [0.2, 0.25) is 17.7 Å². The Hall–Kier alpha value is -2.45. The van der Waals surface area contributed by atoms with Gasteiger partial charge in [-0.25, -0.2) is 0 Å². The fourth-order valence-corrected chi connectivity index (χ4v) is 6.41. The third-order valence-electron chi connectivity index (χ3n) is 8.23. The zero-order chi connectivity index (χ0) is 24.7. The van der Waals surface area contributed by atoms with Crippen molar-refractivity contribution in [3.63, 3.8) is 0 Å². The van der Waals surface area contributed by atoms with Crippen LogP contribution in [-0.4, -0.2) is 64.2 Å². The van der Waals surface area contributed by atoms with E-state index < -0.39 is 35.1 Å². The van der Waals surface area contributed by atoms with Gasteiger partial charge in [-0.2, -0.15) is 0 Å². The molecule has 3 saturated heterocycles. The minimum atomic E-state index is -1.09. The van der Waals surface area contributed by atoms with E-state index in [0.717, 1.165) is 12.8 Å². The molecule has 4 rings (SSSR count). The zero-order valence-corrected chi connectivity index (χ0v) is 20.5. The molecule has 3 fully saturated rings. The highest BCUT2D eigenvalue weighted by molar-refractivity contribution is 6.02. The largest absolute Gasteiger partial charge is 0.394 e. The molecular formula is C26H37N3O5. The highest BCUT2D eigenvalue weighted by Gasteiger charge is 2.80. The molecule has 8 nitrogen and oxygen atoms in total. The summed E-state index contributed by atoms with van der Waals surface area (Å²) in [5.41, 5.74) is -1.31. The van der Waals surface area contributed by atoms with E-state index in [0.29, 0.717) is 25.1 Å². The average Bonchev–Trinajstić information content (AvgIpc) is 3.33. The van der Waals surface area contributed by atoms with Gasteiger partial charge in [-0.3, -0.25) is 14.4 Å². The van der Waals surface area contributed by atoms with E-state index in [4.69, 9.17) is 4.74 Å². The SMILES string of the molecule is CCCCNC(=O)C1N([C@@H](CC)CO)C(=O)[C@@H]2[C@H](C(=O)Nc3ccccc3)[C@@]3(C)OC12CC3C. The van der Waals surface area contributed by atoms with Crippen molar-refractivity contribution in [1.29, 1.82) is 0 Å². The number of unbranched alkanes of at least 4 members (excludes halogenated alkanes) is 1. The van der Waals surface area contributed by atoms with Crippen LogP contribution >= 0.6 is 0 Å². The quantitative estimate of drug-likeness (QED) is 0.479. The molecule has 0 aromatic heterocycles. The van der Waals surface area contributed by atoms with E-state index in [1.54, 1.807) is 12.1 Å². The van der Waals surface area contributed by atoms with Crippen LogP contribution in [0.15, 0.2) is 30.3 Å². The summed E-state index contributed by atoms with van der Waals surface area (Å²) in [4.78, 5) is 42.7. The second-order valence-corrected chi connectivity index (χ2v) is 10.2. The highest BCUT2D eigenvalue weighted by atomic mass is 16.5. The second-order valence-electron chi connectivity index (χ2n) is 10.2. The number of rotatable bonds is 9. The lowest BCUT2D eigenvalue weighted by Crippen LogP contribution is -2.58. The summed E-state index contributed by atoms with van der Waals surface area (Å²) in [7, 11) is 0. The van der Waals surface area contributed by atoms with Crippen molar-refractivity contribution < 1.29 is 24.2 Å². The Morgan fingerprint density at radius 1 is 1.24 bits per heavy atom. The minimum Gasteiger partial charge on any atom is -0.394 e. The molecule has 3 heterocycles. The normalized spacial score (nSPS) is 34.7. The number of carbonyl (C=O) groups is 3. The molecule has 186 valence electrons. The second kappa shape index (κ2) is 9.30. The van der Waals surface area contributed by atoms with Gasteiger partial charge in [-0.05, 0) is 44.2 Å². The predicted molar refractivity (Wildman–Crippen MR) is 128 cm³/mol. The molecule has 1 aromatic carbocycles. The number of amides is 3. The van der Waals surface area contributed by atoms with Crippen molar-refractivity contribution in [3.05, 3.63) is 30.3 Å². The zero-order valence-electron chi connectivity index (χ0n) is 20.5. The molecule has 0 aliphatic carbocycles. The lowest BCUT2D eigenvalue weighted by atomic mass is 9.62. The van der Waals surface area contributed by atoms with Crippen LogP contribution in [0, 0.1) is 17.8 Å². The number of carbonyl (C=O) groups excluding carboxylic acids is 3. The van der Waals surface area contributed by atoms with Crippen molar-refractivity contribution in [2.24, 2.45) is 17.8 Å². The predicted octanol–water partition coefficient (Wildman–Crippen LogP) is 2.32. The standard InChI is InChI=1S/C26H37N3O5/c1-5-7-13-27-23(32)21-26-14-16(3)25(4,34-26)19(22(31)28-17-11-9-8-10-12-17)20(26)24(33)29(21)18(6-2)15-30/h8-12,16,18-21,30H,5-7,13-15H2,1-4H3,(H,27,32)(H,28,31)/t16?,18-,19+,20-,21?,25-,26?/m0/s1.